The summed E-state index contributed by atoms with van der Waals surface area (Å²) in [4.78, 5) is 49.7. The third-order valence-electron chi connectivity index (χ3n) is 5.44. The highest BCUT2D eigenvalue weighted by molar-refractivity contribution is 6.09. The maximum absolute atomic E-state index is 12.5. The van der Waals surface area contributed by atoms with E-state index in [0.717, 1.165) is 11.3 Å². The van der Waals surface area contributed by atoms with Crippen molar-refractivity contribution in [2.24, 2.45) is 23.7 Å². The summed E-state index contributed by atoms with van der Waals surface area (Å²) in [5.74, 6) is -1.23. The monoisotopic (exact) mass is 338 g/mol. The molecule has 2 aliphatic carbocycles. The van der Waals surface area contributed by atoms with Gasteiger partial charge in [-0.25, -0.2) is 0 Å². The molecule has 1 aromatic rings. The van der Waals surface area contributed by atoms with Gasteiger partial charge in [-0.3, -0.25) is 24.1 Å². The van der Waals surface area contributed by atoms with Crippen LogP contribution in [0.4, 0.5) is 5.69 Å². The maximum Gasteiger partial charge on any atom is 0.244 e. The second-order valence-electron chi connectivity index (χ2n) is 6.94. The summed E-state index contributed by atoms with van der Waals surface area (Å²) in [6.07, 6.45) is 4.92. The summed E-state index contributed by atoms with van der Waals surface area (Å²) >= 11 is 0. The lowest BCUT2D eigenvalue weighted by atomic mass is 9.85. The van der Waals surface area contributed by atoms with Crippen LogP contribution < -0.4 is 5.32 Å². The van der Waals surface area contributed by atoms with E-state index >= 15 is 0 Å². The Morgan fingerprint density at radius 3 is 2.12 bits per heavy atom. The molecule has 25 heavy (non-hydrogen) atoms. The molecule has 0 unspecified atom stereocenters. The first-order valence-corrected chi connectivity index (χ1v) is 8.40. The molecule has 2 fully saturated rings. The van der Waals surface area contributed by atoms with Crippen LogP contribution in [-0.2, 0) is 14.4 Å². The Labute approximate surface area is 144 Å². The number of rotatable bonds is 4. The molecule has 6 heteroatoms. The van der Waals surface area contributed by atoms with Gasteiger partial charge in [0.1, 0.15) is 6.54 Å². The fraction of sp³-hybridized carbons (Fsp3) is 0.368. The number of amides is 3. The quantitative estimate of drug-likeness (QED) is 0.514. The Morgan fingerprint density at radius 2 is 1.60 bits per heavy atom. The van der Waals surface area contributed by atoms with Crippen molar-refractivity contribution in [2.45, 2.75) is 13.3 Å². The normalized spacial score (nSPS) is 29.2. The first-order chi connectivity index (χ1) is 12.0. The van der Waals surface area contributed by atoms with Crippen LogP contribution in [0.3, 0.4) is 0 Å². The van der Waals surface area contributed by atoms with E-state index in [2.05, 4.69) is 5.32 Å². The number of ketones is 1. The van der Waals surface area contributed by atoms with Crippen LogP contribution in [0.1, 0.15) is 23.7 Å². The number of allylic oxidation sites excluding steroid dienone is 2. The van der Waals surface area contributed by atoms with Crippen LogP contribution in [0.15, 0.2) is 36.4 Å². The van der Waals surface area contributed by atoms with E-state index in [1.807, 2.05) is 12.2 Å². The van der Waals surface area contributed by atoms with E-state index in [1.54, 1.807) is 24.3 Å². The Kier molecular flexibility index (Phi) is 3.56. The third kappa shape index (κ3) is 2.49. The number of hydrogen-bond donors (Lipinski definition) is 1. The zero-order chi connectivity index (χ0) is 17.7. The summed E-state index contributed by atoms with van der Waals surface area (Å²) in [6, 6.07) is 6.50. The van der Waals surface area contributed by atoms with Gasteiger partial charge in [0.05, 0.1) is 11.8 Å². The predicted molar refractivity (Wildman–Crippen MR) is 89.5 cm³/mol. The molecule has 1 saturated carbocycles. The first-order valence-electron chi connectivity index (χ1n) is 8.40. The average molecular weight is 338 g/mol. The number of fused-ring (bicyclic) bond motifs is 5. The molecule has 128 valence electrons. The molecule has 1 saturated heterocycles. The molecule has 2 bridgehead atoms. The molecular weight excluding hydrogens is 320 g/mol. The second-order valence-corrected chi connectivity index (χ2v) is 6.94. The minimum atomic E-state index is -0.419. The summed E-state index contributed by atoms with van der Waals surface area (Å²) in [5.41, 5.74) is 1.08. The SMILES string of the molecule is CC(=O)c1ccc(NC(=O)CN2C(=O)[C@@H]3[C@@H](C2=O)[C@H]2C=C[C@H]3C2)cc1. The van der Waals surface area contributed by atoms with Crippen molar-refractivity contribution in [3.8, 4) is 0 Å². The van der Waals surface area contributed by atoms with Gasteiger partial charge in [-0.2, -0.15) is 0 Å². The summed E-state index contributed by atoms with van der Waals surface area (Å²) in [7, 11) is 0. The zero-order valence-electron chi connectivity index (χ0n) is 13.8. The topological polar surface area (TPSA) is 83.6 Å². The molecule has 1 heterocycles. The van der Waals surface area contributed by atoms with Gasteiger partial charge >= 0.3 is 0 Å². The zero-order valence-corrected chi connectivity index (χ0v) is 13.8. The largest absolute Gasteiger partial charge is 0.325 e. The van der Waals surface area contributed by atoms with Crippen LogP contribution in [0.2, 0.25) is 0 Å². The molecule has 6 nitrogen and oxygen atoms in total. The summed E-state index contributed by atoms with van der Waals surface area (Å²) in [6.45, 7) is 1.20. The van der Waals surface area contributed by atoms with E-state index in [4.69, 9.17) is 0 Å². The van der Waals surface area contributed by atoms with Gasteiger partial charge in [0.15, 0.2) is 5.78 Å². The van der Waals surface area contributed by atoms with Gasteiger partial charge < -0.3 is 5.32 Å². The minimum absolute atomic E-state index is 0.0547. The minimum Gasteiger partial charge on any atom is -0.325 e. The lowest BCUT2D eigenvalue weighted by molar-refractivity contribution is -0.143. The molecule has 3 amide bonds. The van der Waals surface area contributed by atoms with E-state index < -0.39 is 5.91 Å². The van der Waals surface area contributed by atoms with E-state index in [-0.39, 0.29) is 47.8 Å². The Bertz CT molecular complexity index is 781. The number of hydrogen-bond acceptors (Lipinski definition) is 4. The maximum atomic E-state index is 12.5. The van der Waals surface area contributed by atoms with Crippen molar-refractivity contribution in [1.82, 2.24) is 4.90 Å². The van der Waals surface area contributed by atoms with Gasteiger partial charge in [-0.15, -0.1) is 0 Å². The molecule has 4 atom stereocenters. The van der Waals surface area contributed by atoms with E-state index in [1.165, 1.54) is 6.92 Å². The third-order valence-corrected chi connectivity index (χ3v) is 5.44. The van der Waals surface area contributed by atoms with Gasteiger partial charge in [0, 0.05) is 11.3 Å². The van der Waals surface area contributed by atoms with Crippen LogP contribution >= 0.6 is 0 Å². The Balaban J connectivity index is 1.42. The van der Waals surface area contributed by atoms with E-state index in [0.29, 0.717) is 11.3 Å². The number of nitrogens with zero attached hydrogens (tertiary/aromatic N) is 1. The van der Waals surface area contributed by atoms with Gasteiger partial charge in [0.25, 0.3) is 0 Å². The number of likely N-dealkylation sites (tertiary alicyclic amines) is 1. The highest BCUT2D eigenvalue weighted by atomic mass is 16.2. The number of Topliss-reactive ketones (excluding diaryl/α,β-unsaturated/α-hetero) is 1. The van der Waals surface area contributed by atoms with Crippen molar-refractivity contribution >= 4 is 29.2 Å². The van der Waals surface area contributed by atoms with Crippen LogP contribution in [0.25, 0.3) is 0 Å². The molecule has 1 aliphatic heterocycles. The number of imide groups is 1. The highest BCUT2D eigenvalue weighted by Crippen LogP contribution is 2.52. The number of benzene rings is 1. The lowest BCUT2D eigenvalue weighted by Crippen LogP contribution is -2.39. The standard InChI is InChI=1S/C19H18N2O4/c1-10(22)11-4-6-14(7-5-11)20-15(23)9-21-18(24)16-12-2-3-13(8-12)17(16)19(21)25/h2-7,12-13,16-17H,8-9H2,1H3,(H,20,23)/t12-,13-,16-,17-/m0/s1. The van der Waals surface area contributed by atoms with Crippen LogP contribution in [0.5, 0.6) is 0 Å². The summed E-state index contributed by atoms with van der Waals surface area (Å²) < 4.78 is 0. The molecule has 1 aromatic carbocycles. The van der Waals surface area contributed by atoms with Gasteiger partial charge in [-0.05, 0) is 49.4 Å². The highest BCUT2D eigenvalue weighted by Gasteiger charge is 2.59. The lowest BCUT2D eigenvalue weighted by Gasteiger charge is -2.16. The van der Waals surface area contributed by atoms with Crippen molar-refractivity contribution < 1.29 is 19.2 Å². The fourth-order valence-electron chi connectivity index (χ4n) is 4.25. The number of carbonyl (C=O) groups is 4. The second kappa shape index (κ2) is 5.65. The van der Waals surface area contributed by atoms with Crippen molar-refractivity contribution in [1.29, 1.82) is 0 Å². The molecular formula is C19H18N2O4. The first kappa shape index (κ1) is 15.7. The van der Waals surface area contributed by atoms with Crippen molar-refractivity contribution in [3.05, 3.63) is 42.0 Å². The molecule has 1 N–H and O–H groups in total. The molecule has 3 aliphatic rings. The number of anilines is 1. The summed E-state index contributed by atoms with van der Waals surface area (Å²) in [5, 5.41) is 2.67. The van der Waals surface area contributed by atoms with Gasteiger partial charge in [-0.1, -0.05) is 12.2 Å². The number of nitrogens with one attached hydrogen (secondary N) is 1. The van der Waals surface area contributed by atoms with Crippen LogP contribution in [-0.4, -0.2) is 34.9 Å². The van der Waals surface area contributed by atoms with Gasteiger partial charge in [0.2, 0.25) is 17.7 Å². The average Bonchev–Trinajstić information content (AvgIpc) is 3.25. The Morgan fingerprint density at radius 1 is 1.04 bits per heavy atom. The molecule has 0 radical (unpaired) electrons. The number of carbonyl (C=O) groups excluding carboxylic acids is 4. The van der Waals surface area contributed by atoms with Crippen LogP contribution in [0, 0.1) is 23.7 Å². The van der Waals surface area contributed by atoms with Crippen molar-refractivity contribution in [2.75, 3.05) is 11.9 Å². The van der Waals surface area contributed by atoms with Crippen molar-refractivity contribution in [3.63, 3.8) is 0 Å². The smallest absolute Gasteiger partial charge is 0.244 e. The molecule has 4 rings (SSSR count). The Hall–Kier alpha value is -2.76. The van der Waals surface area contributed by atoms with E-state index in [9.17, 15) is 19.2 Å². The molecule has 0 spiro atoms. The predicted octanol–water partition coefficient (Wildman–Crippen LogP) is 1.63. The molecule has 0 aromatic heterocycles. The fourth-order valence-corrected chi connectivity index (χ4v) is 4.25.